The Hall–Kier alpha value is -2.04. The monoisotopic (exact) mass is 322 g/mol. The van der Waals surface area contributed by atoms with Crippen LogP contribution in [-0.2, 0) is 0 Å². The van der Waals surface area contributed by atoms with Gasteiger partial charge in [0.1, 0.15) is 0 Å². The minimum absolute atomic E-state index is 0.186. The van der Waals surface area contributed by atoms with Gasteiger partial charge in [-0.3, -0.25) is 9.59 Å². The quantitative estimate of drug-likeness (QED) is 0.907. The van der Waals surface area contributed by atoms with E-state index in [0.717, 1.165) is 0 Å². The largest absolute Gasteiger partial charge is 0.355 e. The van der Waals surface area contributed by atoms with Crippen molar-refractivity contribution in [3.05, 3.63) is 63.6 Å². The first-order valence-electron chi connectivity index (χ1n) is 6.09. The van der Waals surface area contributed by atoms with Gasteiger partial charge < -0.3 is 10.6 Å². The number of hydrogen-bond acceptors (Lipinski definition) is 2. The molecule has 0 heterocycles. The fourth-order valence-corrected chi connectivity index (χ4v) is 2.26. The van der Waals surface area contributed by atoms with Crippen LogP contribution in [0.5, 0.6) is 0 Å². The van der Waals surface area contributed by atoms with Gasteiger partial charge >= 0.3 is 0 Å². The standard InChI is InChI=1S/C15H12Cl2N2O2/c1-18-14(20)9-2-4-13(5-3-9)19-15(21)10-6-11(16)8-12(17)7-10/h2-8H,1H3,(H,18,20)(H,19,21). The van der Waals surface area contributed by atoms with Gasteiger partial charge in [0.05, 0.1) is 0 Å². The minimum Gasteiger partial charge on any atom is -0.355 e. The first kappa shape index (κ1) is 15.4. The summed E-state index contributed by atoms with van der Waals surface area (Å²) in [7, 11) is 1.56. The van der Waals surface area contributed by atoms with E-state index in [1.54, 1.807) is 37.4 Å². The summed E-state index contributed by atoms with van der Waals surface area (Å²) in [5.41, 5.74) is 1.45. The van der Waals surface area contributed by atoms with Crippen LogP contribution in [0.4, 0.5) is 5.69 Å². The van der Waals surface area contributed by atoms with Gasteiger partial charge in [-0.05, 0) is 42.5 Å². The van der Waals surface area contributed by atoms with E-state index >= 15 is 0 Å². The molecule has 0 fully saturated rings. The van der Waals surface area contributed by atoms with Gasteiger partial charge in [0.2, 0.25) is 0 Å². The van der Waals surface area contributed by atoms with Crippen LogP contribution in [0.1, 0.15) is 20.7 Å². The molecule has 0 radical (unpaired) electrons. The van der Waals surface area contributed by atoms with E-state index in [0.29, 0.717) is 26.9 Å². The summed E-state index contributed by atoms with van der Waals surface area (Å²) in [6, 6.07) is 11.2. The summed E-state index contributed by atoms with van der Waals surface area (Å²) >= 11 is 11.7. The first-order chi connectivity index (χ1) is 9.99. The van der Waals surface area contributed by atoms with Crippen LogP contribution in [-0.4, -0.2) is 18.9 Å². The van der Waals surface area contributed by atoms with Crippen molar-refractivity contribution in [1.82, 2.24) is 5.32 Å². The highest BCUT2D eigenvalue weighted by atomic mass is 35.5. The van der Waals surface area contributed by atoms with Crippen molar-refractivity contribution < 1.29 is 9.59 Å². The molecule has 0 spiro atoms. The fourth-order valence-electron chi connectivity index (χ4n) is 1.74. The maximum absolute atomic E-state index is 12.1. The van der Waals surface area contributed by atoms with Crippen molar-refractivity contribution in [1.29, 1.82) is 0 Å². The van der Waals surface area contributed by atoms with E-state index < -0.39 is 0 Å². The van der Waals surface area contributed by atoms with Crippen LogP contribution < -0.4 is 10.6 Å². The highest BCUT2D eigenvalue weighted by Gasteiger charge is 2.09. The molecule has 6 heteroatoms. The Morgan fingerprint density at radius 2 is 1.43 bits per heavy atom. The average molecular weight is 323 g/mol. The van der Waals surface area contributed by atoms with Gasteiger partial charge in [-0.1, -0.05) is 23.2 Å². The number of amides is 2. The highest BCUT2D eigenvalue weighted by Crippen LogP contribution is 2.20. The van der Waals surface area contributed by atoms with E-state index in [1.165, 1.54) is 12.1 Å². The van der Waals surface area contributed by atoms with Crippen molar-refractivity contribution in [2.24, 2.45) is 0 Å². The summed E-state index contributed by atoms with van der Waals surface area (Å²) in [6.07, 6.45) is 0. The Kier molecular flexibility index (Phi) is 4.83. The topological polar surface area (TPSA) is 58.2 Å². The second kappa shape index (κ2) is 6.61. The third-order valence-electron chi connectivity index (χ3n) is 2.76. The van der Waals surface area contributed by atoms with E-state index in [4.69, 9.17) is 23.2 Å². The number of carbonyl (C=O) groups is 2. The molecule has 0 aliphatic heterocycles. The third-order valence-corrected chi connectivity index (χ3v) is 3.19. The lowest BCUT2D eigenvalue weighted by Crippen LogP contribution is -2.17. The average Bonchev–Trinajstić information content (AvgIpc) is 2.46. The molecule has 2 aromatic rings. The summed E-state index contributed by atoms with van der Waals surface area (Å²) < 4.78 is 0. The van der Waals surface area contributed by atoms with Gasteiger partial charge in [0.25, 0.3) is 11.8 Å². The molecule has 0 aliphatic carbocycles. The summed E-state index contributed by atoms with van der Waals surface area (Å²) in [6.45, 7) is 0. The highest BCUT2D eigenvalue weighted by molar-refractivity contribution is 6.35. The number of halogens is 2. The molecular weight excluding hydrogens is 311 g/mol. The van der Waals surface area contributed by atoms with Gasteiger partial charge in [-0.15, -0.1) is 0 Å². The van der Waals surface area contributed by atoms with Crippen molar-refractivity contribution in [3.8, 4) is 0 Å². The third kappa shape index (κ3) is 3.97. The Morgan fingerprint density at radius 1 is 0.857 bits per heavy atom. The lowest BCUT2D eigenvalue weighted by Gasteiger charge is -2.07. The van der Waals surface area contributed by atoms with Crippen LogP contribution >= 0.6 is 23.2 Å². The molecule has 0 saturated heterocycles. The van der Waals surface area contributed by atoms with Gasteiger partial charge in [0.15, 0.2) is 0 Å². The lowest BCUT2D eigenvalue weighted by molar-refractivity contribution is 0.0962. The van der Waals surface area contributed by atoms with Crippen LogP contribution in [0.15, 0.2) is 42.5 Å². The molecule has 0 unspecified atom stereocenters. The molecule has 0 bridgehead atoms. The normalized spacial score (nSPS) is 10.0. The van der Waals surface area contributed by atoms with Gasteiger partial charge in [-0.2, -0.15) is 0 Å². The Morgan fingerprint density at radius 3 is 1.95 bits per heavy atom. The maximum atomic E-state index is 12.1. The van der Waals surface area contributed by atoms with Crippen molar-refractivity contribution in [2.75, 3.05) is 12.4 Å². The Balaban J connectivity index is 2.14. The molecule has 21 heavy (non-hydrogen) atoms. The minimum atomic E-state index is -0.327. The molecule has 0 aliphatic rings. The van der Waals surface area contributed by atoms with Gasteiger partial charge in [0, 0.05) is 33.9 Å². The molecule has 2 N–H and O–H groups in total. The van der Waals surface area contributed by atoms with Crippen LogP contribution in [0.3, 0.4) is 0 Å². The van der Waals surface area contributed by atoms with Crippen molar-refractivity contribution in [2.45, 2.75) is 0 Å². The molecule has 0 saturated carbocycles. The summed E-state index contributed by atoms with van der Waals surface area (Å²) in [4.78, 5) is 23.5. The number of rotatable bonds is 3. The number of carbonyl (C=O) groups excluding carboxylic acids is 2. The van der Waals surface area contributed by atoms with E-state index in [2.05, 4.69) is 10.6 Å². The number of hydrogen-bond donors (Lipinski definition) is 2. The molecule has 108 valence electrons. The molecule has 2 amide bonds. The zero-order valence-corrected chi connectivity index (χ0v) is 12.6. The van der Waals surface area contributed by atoms with E-state index in [-0.39, 0.29) is 11.8 Å². The number of benzene rings is 2. The molecule has 2 aromatic carbocycles. The molecule has 2 rings (SSSR count). The number of nitrogens with one attached hydrogen (secondary N) is 2. The number of anilines is 1. The SMILES string of the molecule is CNC(=O)c1ccc(NC(=O)c2cc(Cl)cc(Cl)c2)cc1. The maximum Gasteiger partial charge on any atom is 0.255 e. The second-order valence-corrected chi connectivity index (χ2v) is 5.14. The van der Waals surface area contributed by atoms with E-state index in [9.17, 15) is 9.59 Å². The Labute approximate surface area is 132 Å². The van der Waals surface area contributed by atoms with E-state index in [1.807, 2.05) is 0 Å². The lowest BCUT2D eigenvalue weighted by atomic mass is 10.1. The molecule has 0 atom stereocenters. The summed E-state index contributed by atoms with van der Waals surface area (Å²) in [5, 5.41) is 6.02. The Bertz CT molecular complexity index is 664. The van der Waals surface area contributed by atoms with Crippen LogP contribution in [0, 0.1) is 0 Å². The molecular formula is C15H12Cl2N2O2. The zero-order valence-electron chi connectivity index (χ0n) is 11.1. The smallest absolute Gasteiger partial charge is 0.255 e. The summed E-state index contributed by atoms with van der Waals surface area (Å²) in [5.74, 6) is -0.512. The molecule has 0 aromatic heterocycles. The second-order valence-electron chi connectivity index (χ2n) is 4.27. The van der Waals surface area contributed by atoms with Gasteiger partial charge in [-0.25, -0.2) is 0 Å². The molecule has 4 nitrogen and oxygen atoms in total. The van der Waals surface area contributed by atoms with Crippen LogP contribution in [0.2, 0.25) is 10.0 Å². The van der Waals surface area contributed by atoms with Crippen LogP contribution in [0.25, 0.3) is 0 Å². The van der Waals surface area contributed by atoms with Crippen molar-refractivity contribution in [3.63, 3.8) is 0 Å². The predicted octanol–water partition coefficient (Wildman–Crippen LogP) is 3.61. The fraction of sp³-hybridized carbons (Fsp3) is 0.0667. The first-order valence-corrected chi connectivity index (χ1v) is 6.85. The zero-order chi connectivity index (χ0) is 15.4. The van der Waals surface area contributed by atoms with Crippen molar-refractivity contribution >= 4 is 40.7 Å². The predicted molar refractivity (Wildman–Crippen MR) is 84.2 cm³/mol.